The summed E-state index contributed by atoms with van der Waals surface area (Å²) in [5.41, 5.74) is 0.606. The average Bonchev–Trinajstić information content (AvgIpc) is 2.68. The summed E-state index contributed by atoms with van der Waals surface area (Å²) in [4.78, 5) is 0. The van der Waals surface area contributed by atoms with Gasteiger partial charge in [-0.15, -0.1) is 0 Å². The van der Waals surface area contributed by atoms with Gasteiger partial charge in [-0.25, -0.2) is 0 Å². The molecule has 0 amide bonds. The molecule has 0 aromatic heterocycles. The van der Waals surface area contributed by atoms with Crippen LogP contribution in [0.4, 0.5) is 0 Å². The predicted molar refractivity (Wildman–Crippen MR) is 124 cm³/mol. The third-order valence-electron chi connectivity index (χ3n) is 4.20. The van der Waals surface area contributed by atoms with Crippen molar-refractivity contribution in [3.63, 3.8) is 0 Å². The molecule has 1 rings (SSSR count). The first kappa shape index (κ1) is 29.0. The molecule has 0 heterocycles. The van der Waals surface area contributed by atoms with Gasteiger partial charge in [0.1, 0.15) is 0 Å². The van der Waals surface area contributed by atoms with Crippen molar-refractivity contribution < 1.29 is 41.4 Å². The zero-order chi connectivity index (χ0) is 24.7. The Labute approximate surface area is 192 Å². The van der Waals surface area contributed by atoms with Crippen LogP contribution in [-0.2, 0) is 33.6 Å². The van der Waals surface area contributed by atoms with E-state index in [-0.39, 0.29) is 6.42 Å². The van der Waals surface area contributed by atoms with E-state index in [1.807, 2.05) is 0 Å². The number of hydrogen-bond donors (Lipinski definition) is 0. The fourth-order valence-corrected chi connectivity index (χ4v) is 8.73. The van der Waals surface area contributed by atoms with E-state index in [2.05, 4.69) is 0 Å². The Morgan fingerprint density at radius 3 is 1.41 bits per heavy atom. The van der Waals surface area contributed by atoms with Crippen LogP contribution in [0.25, 0.3) is 0 Å². The van der Waals surface area contributed by atoms with Crippen molar-refractivity contribution in [1.82, 2.24) is 0 Å². The molecule has 0 N–H and O–H groups in total. The fourth-order valence-electron chi connectivity index (χ4n) is 3.14. The molecule has 0 bridgehead atoms. The molecule has 11 heteroatoms. The Kier molecular flexibility index (Phi) is 11.2. The van der Waals surface area contributed by atoms with Crippen LogP contribution in [0.2, 0.25) is 0 Å². The fraction of sp³-hybridized carbons (Fsp3) is 0.714. The Balaban J connectivity index is 3.70. The van der Waals surface area contributed by atoms with Crippen molar-refractivity contribution in [2.45, 2.75) is 71.7 Å². The normalized spacial score (nSPS) is 15.2. The zero-order valence-electron chi connectivity index (χ0n) is 20.7. The molecule has 0 saturated carbocycles. The molecule has 32 heavy (non-hydrogen) atoms. The van der Waals surface area contributed by atoms with Crippen LogP contribution < -0.4 is 14.2 Å². The summed E-state index contributed by atoms with van der Waals surface area (Å²) < 4.78 is 66.8. The van der Waals surface area contributed by atoms with Crippen molar-refractivity contribution in [2.75, 3.05) is 28.4 Å². The largest absolute Gasteiger partial charge is 0.493 e. The van der Waals surface area contributed by atoms with Gasteiger partial charge in [-0.2, -0.15) is 0 Å². The molecule has 1 aromatic carbocycles. The lowest BCUT2D eigenvalue weighted by Gasteiger charge is -2.34. The van der Waals surface area contributed by atoms with Crippen LogP contribution >= 0.6 is 15.2 Å². The van der Waals surface area contributed by atoms with E-state index >= 15 is 0 Å². The SMILES string of the molecule is COc1cc(CC(P(=O)(OC)OC(C)C)P(=O)(OC(C)C)OC(C)C)cc(OC)c1OC. The number of ether oxygens (including phenoxy) is 3. The standard InChI is InChI=1S/C21H38O9P2/c1-14(2)28-31(22,27-10)20(32(23,29-15(3)4)30-16(5)6)13-17-11-18(24-7)21(26-9)19(12-17)25-8/h11-12,14-16,20H,13H2,1-10H3. The zero-order valence-corrected chi connectivity index (χ0v) is 22.5. The molecule has 0 aliphatic carbocycles. The van der Waals surface area contributed by atoms with Gasteiger partial charge in [0.05, 0.1) is 39.6 Å². The lowest BCUT2D eigenvalue weighted by atomic mass is 10.1. The molecular weight excluding hydrogens is 458 g/mol. The van der Waals surface area contributed by atoms with Crippen LogP contribution in [0.3, 0.4) is 0 Å². The van der Waals surface area contributed by atoms with Crippen LogP contribution in [0.5, 0.6) is 17.2 Å². The second-order valence-electron chi connectivity index (χ2n) is 7.94. The van der Waals surface area contributed by atoms with E-state index in [0.29, 0.717) is 22.8 Å². The minimum absolute atomic E-state index is 0.00866. The molecule has 2 unspecified atom stereocenters. The third kappa shape index (κ3) is 7.47. The smallest absolute Gasteiger partial charge is 0.346 e. The van der Waals surface area contributed by atoms with Gasteiger partial charge in [0.15, 0.2) is 16.9 Å². The lowest BCUT2D eigenvalue weighted by Crippen LogP contribution is -2.23. The second-order valence-corrected chi connectivity index (χ2v) is 12.8. The number of benzene rings is 1. The summed E-state index contributed by atoms with van der Waals surface area (Å²) in [5.74, 6) is 1.22. The summed E-state index contributed by atoms with van der Waals surface area (Å²) in [7, 11) is -2.20. The molecule has 9 nitrogen and oxygen atoms in total. The van der Waals surface area contributed by atoms with E-state index in [1.54, 1.807) is 53.7 Å². The first-order valence-electron chi connectivity index (χ1n) is 10.4. The van der Waals surface area contributed by atoms with Crippen LogP contribution in [0.15, 0.2) is 12.1 Å². The Hall–Kier alpha value is -1.08. The highest BCUT2D eigenvalue weighted by atomic mass is 31.2. The number of rotatable bonds is 14. The summed E-state index contributed by atoms with van der Waals surface area (Å²) in [5, 5.41) is -1.23. The summed E-state index contributed by atoms with van der Waals surface area (Å²) in [6, 6.07) is 3.39. The quantitative estimate of drug-likeness (QED) is 0.292. The maximum absolute atomic E-state index is 14.1. The molecule has 1 aromatic rings. The molecule has 0 aliphatic heterocycles. The maximum Gasteiger partial charge on any atom is 0.346 e. The monoisotopic (exact) mass is 496 g/mol. The lowest BCUT2D eigenvalue weighted by molar-refractivity contribution is 0.134. The minimum Gasteiger partial charge on any atom is -0.493 e. The Morgan fingerprint density at radius 2 is 1.09 bits per heavy atom. The first-order chi connectivity index (χ1) is 14.8. The van der Waals surface area contributed by atoms with Gasteiger partial charge in [-0.1, -0.05) is 0 Å². The molecule has 0 fully saturated rings. The Bertz CT molecular complexity index is 784. The van der Waals surface area contributed by atoms with Gasteiger partial charge >= 0.3 is 15.2 Å². The third-order valence-corrected chi connectivity index (χ3v) is 10.4. The minimum atomic E-state index is -3.99. The first-order valence-corrected chi connectivity index (χ1v) is 13.7. The van der Waals surface area contributed by atoms with Gasteiger partial charge in [-0.05, 0) is 65.7 Å². The molecule has 0 saturated heterocycles. The molecule has 0 aliphatic rings. The summed E-state index contributed by atoms with van der Waals surface area (Å²) in [6.45, 7) is 10.4. The molecular formula is C21H38O9P2. The second kappa shape index (κ2) is 12.4. The van der Waals surface area contributed by atoms with Crippen LogP contribution in [0.1, 0.15) is 47.1 Å². The topological polar surface area (TPSA) is 98.8 Å². The van der Waals surface area contributed by atoms with Crippen molar-refractivity contribution in [3.8, 4) is 17.2 Å². The van der Waals surface area contributed by atoms with Crippen molar-refractivity contribution in [3.05, 3.63) is 17.7 Å². The van der Waals surface area contributed by atoms with Gasteiger partial charge < -0.3 is 32.3 Å². The van der Waals surface area contributed by atoms with Crippen LogP contribution in [-0.4, -0.2) is 52.2 Å². The van der Waals surface area contributed by atoms with Gasteiger partial charge in [0.2, 0.25) is 5.75 Å². The maximum atomic E-state index is 14.1. The van der Waals surface area contributed by atoms with Crippen LogP contribution in [0, 0.1) is 0 Å². The van der Waals surface area contributed by atoms with Gasteiger partial charge in [0.25, 0.3) is 0 Å². The highest BCUT2D eigenvalue weighted by molar-refractivity contribution is 7.72. The van der Waals surface area contributed by atoms with Crippen molar-refractivity contribution in [1.29, 1.82) is 0 Å². The van der Waals surface area contributed by atoms with E-state index < -0.39 is 38.9 Å². The molecule has 0 spiro atoms. The molecule has 2 atom stereocenters. The molecule has 0 radical (unpaired) electrons. The Morgan fingerprint density at radius 1 is 0.688 bits per heavy atom. The van der Waals surface area contributed by atoms with E-state index in [0.717, 1.165) is 0 Å². The highest BCUT2D eigenvalue weighted by Gasteiger charge is 2.52. The van der Waals surface area contributed by atoms with Crippen molar-refractivity contribution >= 4 is 15.2 Å². The van der Waals surface area contributed by atoms with Crippen molar-refractivity contribution in [2.24, 2.45) is 0 Å². The van der Waals surface area contributed by atoms with Gasteiger partial charge in [-0.3, -0.25) is 9.13 Å². The summed E-state index contributed by atoms with van der Waals surface area (Å²) in [6.07, 6.45) is -1.36. The summed E-state index contributed by atoms with van der Waals surface area (Å²) >= 11 is 0. The van der Waals surface area contributed by atoms with Gasteiger partial charge in [0, 0.05) is 7.11 Å². The van der Waals surface area contributed by atoms with E-state index in [4.69, 9.17) is 32.3 Å². The van der Waals surface area contributed by atoms with E-state index in [1.165, 1.54) is 28.4 Å². The average molecular weight is 496 g/mol. The van der Waals surface area contributed by atoms with E-state index in [9.17, 15) is 9.13 Å². The molecule has 186 valence electrons. The highest BCUT2D eigenvalue weighted by Crippen LogP contribution is 2.72. The number of hydrogen-bond acceptors (Lipinski definition) is 9. The predicted octanol–water partition coefficient (Wildman–Crippen LogP) is 5.89. The number of methoxy groups -OCH3 is 3.